The van der Waals surface area contributed by atoms with Gasteiger partial charge in [0.25, 0.3) is 0 Å². The Labute approximate surface area is 144 Å². The number of aromatic nitrogens is 2. The summed E-state index contributed by atoms with van der Waals surface area (Å²) in [7, 11) is 4.82. The van der Waals surface area contributed by atoms with Crippen LogP contribution in [-0.2, 0) is 0 Å². The number of hydrogen-bond donors (Lipinski definition) is 2. The highest BCUT2D eigenvalue weighted by Gasteiger charge is 2.11. The molecule has 0 radical (unpaired) electrons. The lowest BCUT2D eigenvalue weighted by Crippen LogP contribution is -1.99. The number of nitrogens with one attached hydrogen (secondary N) is 2. The smallest absolute Gasteiger partial charge is 0.199 e. The van der Waals surface area contributed by atoms with Crippen LogP contribution in [0, 0.1) is 4.77 Å². The molecule has 0 bridgehead atoms. The van der Waals surface area contributed by atoms with Crippen molar-refractivity contribution in [2.75, 3.05) is 26.6 Å². The third kappa shape index (κ3) is 3.11. The van der Waals surface area contributed by atoms with Crippen molar-refractivity contribution < 1.29 is 14.2 Å². The minimum absolute atomic E-state index is 0.380. The van der Waals surface area contributed by atoms with Crippen LogP contribution in [0.1, 0.15) is 0 Å². The average Bonchev–Trinajstić information content (AvgIpc) is 2.61. The number of aromatic amines is 1. The first-order valence-corrected chi connectivity index (χ1v) is 7.62. The molecule has 3 rings (SSSR count). The molecule has 24 heavy (non-hydrogen) atoms. The molecule has 3 aromatic rings. The summed E-state index contributed by atoms with van der Waals surface area (Å²) in [5.41, 5.74) is 1.68. The number of H-pyrrole nitrogens is 1. The zero-order chi connectivity index (χ0) is 17.1. The fourth-order valence-electron chi connectivity index (χ4n) is 2.39. The molecule has 0 aliphatic rings. The van der Waals surface area contributed by atoms with Crippen LogP contribution in [0.25, 0.3) is 10.9 Å². The van der Waals surface area contributed by atoms with E-state index in [1.807, 2.05) is 36.4 Å². The second-order valence-electron chi connectivity index (χ2n) is 5.00. The van der Waals surface area contributed by atoms with Gasteiger partial charge in [-0.1, -0.05) is 0 Å². The highest BCUT2D eigenvalue weighted by atomic mass is 32.1. The normalized spacial score (nSPS) is 10.5. The van der Waals surface area contributed by atoms with Gasteiger partial charge >= 0.3 is 0 Å². The van der Waals surface area contributed by atoms with Gasteiger partial charge in [-0.05, 0) is 42.5 Å². The average molecular weight is 343 g/mol. The summed E-state index contributed by atoms with van der Waals surface area (Å²) < 4.78 is 16.3. The Balaban J connectivity index is 2.10. The summed E-state index contributed by atoms with van der Waals surface area (Å²) in [5.74, 6) is 2.67. The van der Waals surface area contributed by atoms with Gasteiger partial charge < -0.3 is 24.5 Å². The molecule has 0 saturated heterocycles. The maximum Gasteiger partial charge on any atom is 0.199 e. The predicted molar refractivity (Wildman–Crippen MR) is 96.3 cm³/mol. The molecular formula is C17H17N3O3S. The number of rotatable bonds is 5. The summed E-state index contributed by atoms with van der Waals surface area (Å²) >= 11 is 5.22. The van der Waals surface area contributed by atoms with Crippen molar-refractivity contribution in [1.82, 2.24) is 9.97 Å². The lowest BCUT2D eigenvalue weighted by atomic mass is 10.2. The molecular weight excluding hydrogens is 326 g/mol. The third-order valence-electron chi connectivity index (χ3n) is 3.59. The van der Waals surface area contributed by atoms with Crippen molar-refractivity contribution in [2.45, 2.75) is 0 Å². The zero-order valence-corrected chi connectivity index (χ0v) is 14.4. The van der Waals surface area contributed by atoms with E-state index in [1.165, 1.54) is 0 Å². The van der Waals surface area contributed by atoms with Gasteiger partial charge in [0.1, 0.15) is 11.6 Å². The van der Waals surface area contributed by atoms with Crippen LogP contribution in [0.2, 0.25) is 0 Å². The molecule has 0 unspecified atom stereocenters. The van der Waals surface area contributed by atoms with Crippen LogP contribution in [0.3, 0.4) is 0 Å². The summed E-state index contributed by atoms with van der Waals surface area (Å²) in [6, 6.07) is 11.3. The van der Waals surface area contributed by atoms with Gasteiger partial charge in [0.05, 0.1) is 26.8 Å². The van der Waals surface area contributed by atoms with Crippen LogP contribution in [-0.4, -0.2) is 31.3 Å². The molecule has 1 aromatic heterocycles. The molecule has 124 valence electrons. The van der Waals surface area contributed by atoms with Gasteiger partial charge in [-0.2, -0.15) is 0 Å². The maximum atomic E-state index is 5.37. The van der Waals surface area contributed by atoms with E-state index >= 15 is 0 Å². The fourth-order valence-corrected chi connectivity index (χ4v) is 2.59. The molecule has 0 amide bonds. The number of benzene rings is 2. The zero-order valence-electron chi connectivity index (χ0n) is 13.5. The standard InChI is InChI=1S/C17H17N3O3S/c1-21-11-6-4-10(5-7-11)18-16-12-8-14(22-2)15(23-3)9-13(12)19-17(24)20-16/h4-9H,1-3H3,(H2,18,19,20,24). The first-order valence-electron chi connectivity index (χ1n) is 7.21. The highest BCUT2D eigenvalue weighted by Crippen LogP contribution is 2.34. The number of anilines is 2. The van der Waals surface area contributed by atoms with Crippen molar-refractivity contribution in [3.63, 3.8) is 0 Å². The van der Waals surface area contributed by atoms with E-state index in [2.05, 4.69) is 15.3 Å². The second kappa shape index (κ2) is 6.76. The predicted octanol–water partition coefficient (Wildman–Crippen LogP) is 4.06. The molecule has 0 atom stereocenters. The van der Waals surface area contributed by atoms with Crippen molar-refractivity contribution in [1.29, 1.82) is 0 Å². The topological polar surface area (TPSA) is 68.4 Å². The minimum atomic E-state index is 0.380. The second-order valence-corrected chi connectivity index (χ2v) is 5.38. The Kier molecular flexibility index (Phi) is 4.52. The summed E-state index contributed by atoms with van der Waals surface area (Å²) in [6.07, 6.45) is 0. The third-order valence-corrected chi connectivity index (χ3v) is 3.78. The molecule has 0 aliphatic carbocycles. The number of hydrogen-bond acceptors (Lipinski definition) is 6. The quantitative estimate of drug-likeness (QED) is 0.681. The largest absolute Gasteiger partial charge is 0.497 e. The van der Waals surface area contributed by atoms with E-state index in [4.69, 9.17) is 26.4 Å². The number of methoxy groups -OCH3 is 3. The SMILES string of the molecule is COc1ccc(Nc2nc(=S)[nH]c3cc(OC)c(OC)cc23)cc1. The van der Waals surface area contributed by atoms with Crippen molar-refractivity contribution in [2.24, 2.45) is 0 Å². The molecule has 1 heterocycles. The van der Waals surface area contributed by atoms with Crippen molar-refractivity contribution in [3.8, 4) is 17.2 Å². The molecule has 0 fully saturated rings. The molecule has 0 aliphatic heterocycles. The Bertz CT molecular complexity index is 923. The van der Waals surface area contributed by atoms with Gasteiger partial charge in [0, 0.05) is 17.1 Å². The van der Waals surface area contributed by atoms with E-state index in [9.17, 15) is 0 Å². The Hall–Kier alpha value is -2.80. The number of fused-ring (bicyclic) bond motifs is 1. The van der Waals surface area contributed by atoms with Crippen LogP contribution < -0.4 is 19.5 Å². The molecule has 2 aromatic carbocycles. The molecule has 7 heteroatoms. The van der Waals surface area contributed by atoms with Gasteiger partial charge in [-0.3, -0.25) is 0 Å². The van der Waals surface area contributed by atoms with E-state index in [1.54, 1.807) is 21.3 Å². The van der Waals surface area contributed by atoms with Gasteiger partial charge in [-0.25, -0.2) is 4.98 Å². The first kappa shape index (κ1) is 16.1. The van der Waals surface area contributed by atoms with Crippen molar-refractivity contribution >= 4 is 34.6 Å². The summed E-state index contributed by atoms with van der Waals surface area (Å²) in [5, 5.41) is 4.12. The van der Waals surface area contributed by atoms with Gasteiger partial charge in [0.2, 0.25) is 0 Å². The van der Waals surface area contributed by atoms with Crippen LogP contribution in [0.5, 0.6) is 17.2 Å². The first-order chi connectivity index (χ1) is 11.6. The van der Waals surface area contributed by atoms with Gasteiger partial charge in [0.15, 0.2) is 16.3 Å². The van der Waals surface area contributed by atoms with E-state index < -0.39 is 0 Å². The van der Waals surface area contributed by atoms with E-state index in [-0.39, 0.29) is 0 Å². The molecule has 2 N–H and O–H groups in total. The van der Waals surface area contributed by atoms with Crippen LogP contribution in [0.15, 0.2) is 36.4 Å². The molecule has 6 nitrogen and oxygen atoms in total. The Morgan fingerprint density at radius 3 is 2.25 bits per heavy atom. The van der Waals surface area contributed by atoms with Gasteiger partial charge in [-0.15, -0.1) is 0 Å². The fraction of sp³-hybridized carbons (Fsp3) is 0.176. The van der Waals surface area contributed by atoms with Crippen LogP contribution in [0.4, 0.5) is 11.5 Å². The number of nitrogens with zero attached hydrogens (tertiary/aromatic N) is 1. The molecule has 0 saturated carbocycles. The number of ether oxygens (including phenoxy) is 3. The Morgan fingerprint density at radius 1 is 0.958 bits per heavy atom. The Morgan fingerprint density at radius 2 is 1.62 bits per heavy atom. The minimum Gasteiger partial charge on any atom is -0.497 e. The summed E-state index contributed by atoms with van der Waals surface area (Å²) in [4.78, 5) is 7.46. The highest BCUT2D eigenvalue weighted by molar-refractivity contribution is 7.71. The van der Waals surface area contributed by atoms with E-state index in [0.717, 1.165) is 22.3 Å². The lowest BCUT2D eigenvalue weighted by molar-refractivity contribution is 0.356. The van der Waals surface area contributed by atoms with Crippen molar-refractivity contribution in [3.05, 3.63) is 41.2 Å². The maximum absolute atomic E-state index is 5.37. The monoisotopic (exact) mass is 343 g/mol. The summed E-state index contributed by atoms with van der Waals surface area (Å²) in [6.45, 7) is 0. The lowest BCUT2D eigenvalue weighted by Gasteiger charge is -2.13. The van der Waals surface area contributed by atoms with E-state index in [0.29, 0.717) is 22.1 Å². The molecule has 0 spiro atoms. The van der Waals surface area contributed by atoms with Crippen LogP contribution >= 0.6 is 12.2 Å².